The van der Waals surface area contributed by atoms with E-state index >= 15 is 0 Å². The van der Waals surface area contributed by atoms with E-state index in [0.29, 0.717) is 23.0 Å². The molecule has 1 saturated carbocycles. The van der Waals surface area contributed by atoms with Gasteiger partial charge < -0.3 is 21.5 Å². The van der Waals surface area contributed by atoms with Gasteiger partial charge in [0.05, 0.1) is 11.3 Å². The van der Waals surface area contributed by atoms with E-state index in [1.54, 1.807) is 20.0 Å². The molecule has 0 atom stereocenters. The minimum atomic E-state index is -0.956. The third kappa shape index (κ3) is 4.83. The van der Waals surface area contributed by atoms with Crippen molar-refractivity contribution in [3.8, 4) is 28.3 Å². The summed E-state index contributed by atoms with van der Waals surface area (Å²) in [6, 6.07) is 23.5. The fourth-order valence-electron chi connectivity index (χ4n) is 5.07. The van der Waals surface area contributed by atoms with Gasteiger partial charge in [0, 0.05) is 35.8 Å². The first-order valence-electron chi connectivity index (χ1n) is 13.7. The fraction of sp³-hybridized carbons (Fsp3) is 0.250. The van der Waals surface area contributed by atoms with Crippen LogP contribution in [0.25, 0.3) is 39.5 Å². The minimum Gasteiger partial charge on any atom is -0.383 e. The second kappa shape index (κ2) is 10.1. The molecule has 6 rings (SSSR count). The van der Waals surface area contributed by atoms with Crippen molar-refractivity contribution in [1.29, 1.82) is 0 Å². The molecule has 5 N–H and O–H groups in total. The lowest BCUT2D eigenvalue weighted by Crippen LogP contribution is -2.43. The molecule has 3 aromatic heterocycles. The van der Waals surface area contributed by atoms with Gasteiger partial charge in [-0.15, -0.1) is 0 Å². The highest BCUT2D eigenvalue weighted by atomic mass is 16.5. The third-order valence-corrected chi connectivity index (χ3v) is 8.00. The highest BCUT2D eigenvalue weighted by Gasteiger charge is 2.34. The number of aromatic nitrogens is 4. The van der Waals surface area contributed by atoms with Crippen LogP contribution in [0.3, 0.4) is 0 Å². The molecule has 1 aliphatic carbocycles. The van der Waals surface area contributed by atoms with Crippen molar-refractivity contribution in [1.82, 2.24) is 19.5 Å². The van der Waals surface area contributed by atoms with Crippen LogP contribution in [0.5, 0.6) is 0 Å². The molecule has 3 heterocycles. The Morgan fingerprint density at radius 2 is 1.80 bits per heavy atom. The number of imidazole rings is 1. The number of pyridine rings is 2. The highest BCUT2D eigenvalue weighted by molar-refractivity contribution is 5.97. The SMILES string of the molecule is COC(C)(C)C(=O)Nc1cccc(-c2ccc3nc(-c4cccnc4N)n(-c4ccc(C5(N)CCC5)cc4)c3n2)c1. The van der Waals surface area contributed by atoms with E-state index in [0.717, 1.165) is 52.9 Å². The molecule has 9 heteroatoms. The number of anilines is 2. The Balaban J connectivity index is 1.46. The first-order chi connectivity index (χ1) is 19.7. The van der Waals surface area contributed by atoms with E-state index < -0.39 is 5.60 Å². The van der Waals surface area contributed by atoms with Gasteiger partial charge >= 0.3 is 0 Å². The Bertz CT molecular complexity index is 1750. The average molecular weight is 548 g/mol. The molecule has 1 fully saturated rings. The number of nitrogen functional groups attached to an aromatic ring is 1. The number of carbonyl (C=O) groups excluding carboxylic acids is 1. The van der Waals surface area contributed by atoms with E-state index in [9.17, 15) is 4.79 Å². The van der Waals surface area contributed by atoms with Gasteiger partial charge in [-0.1, -0.05) is 24.3 Å². The Morgan fingerprint density at radius 1 is 1.02 bits per heavy atom. The van der Waals surface area contributed by atoms with Crippen molar-refractivity contribution < 1.29 is 9.53 Å². The number of methoxy groups -OCH3 is 1. The normalized spacial score (nSPS) is 14.5. The van der Waals surface area contributed by atoms with Gasteiger partial charge in [-0.2, -0.15) is 0 Å². The zero-order chi connectivity index (χ0) is 28.8. The lowest BCUT2D eigenvalue weighted by Gasteiger charge is -2.38. The number of hydrogen-bond acceptors (Lipinski definition) is 7. The van der Waals surface area contributed by atoms with Crippen LogP contribution < -0.4 is 16.8 Å². The number of amides is 1. The molecule has 0 unspecified atom stereocenters. The number of fused-ring (bicyclic) bond motifs is 1. The fourth-order valence-corrected chi connectivity index (χ4v) is 5.07. The predicted molar refractivity (Wildman–Crippen MR) is 161 cm³/mol. The van der Waals surface area contributed by atoms with E-state index in [-0.39, 0.29) is 11.4 Å². The van der Waals surface area contributed by atoms with Crippen molar-refractivity contribution in [2.45, 2.75) is 44.2 Å². The molecule has 1 aliphatic rings. The summed E-state index contributed by atoms with van der Waals surface area (Å²) in [5.41, 5.74) is 18.1. The number of hydrogen-bond donors (Lipinski definition) is 3. The molecule has 2 aromatic carbocycles. The summed E-state index contributed by atoms with van der Waals surface area (Å²) in [7, 11) is 1.51. The number of nitrogens with zero attached hydrogens (tertiary/aromatic N) is 4. The van der Waals surface area contributed by atoms with Gasteiger partial charge in [0.15, 0.2) is 11.5 Å². The van der Waals surface area contributed by atoms with Crippen molar-refractivity contribution in [2.75, 3.05) is 18.2 Å². The van der Waals surface area contributed by atoms with Crippen LogP contribution in [0.1, 0.15) is 38.7 Å². The molecule has 0 aliphatic heterocycles. The average Bonchev–Trinajstić information content (AvgIpc) is 3.35. The number of rotatable bonds is 7. The third-order valence-electron chi connectivity index (χ3n) is 8.00. The van der Waals surface area contributed by atoms with Crippen molar-refractivity contribution in [3.63, 3.8) is 0 Å². The number of benzene rings is 2. The van der Waals surface area contributed by atoms with Crippen LogP contribution in [0.2, 0.25) is 0 Å². The van der Waals surface area contributed by atoms with Crippen LogP contribution >= 0.6 is 0 Å². The van der Waals surface area contributed by atoms with Crippen LogP contribution in [0.4, 0.5) is 11.5 Å². The Hall–Kier alpha value is -4.60. The summed E-state index contributed by atoms with van der Waals surface area (Å²) in [5.74, 6) is 0.803. The smallest absolute Gasteiger partial charge is 0.256 e. The molecule has 5 aromatic rings. The highest BCUT2D eigenvalue weighted by Crippen LogP contribution is 2.39. The van der Waals surface area contributed by atoms with E-state index in [2.05, 4.69) is 34.6 Å². The molecular formula is C32H33N7O2. The molecule has 1 amide bonds. The van der Waals surface area contributed by atoms with Crippen molar-refractivity contribution >= 4 is 28.6 Å². The summed E-state index contributed by atoms with van der Waals surface area (Å²) in [5, 5.41) is 2.94. The number of nitrogens with two attached hydrogens (primary N) is 2. The van der Waals surface area contributed by atoms with Gasteiger partial charge in [-0.05, 0) is 87.2 Å². The summed E-state index contributed by atoms with van der Waals surface area (Å²) >= 11 is 0. The summed E-state index contributed by atoms with van der Waals surface area (Å²) < 4.78 is 7.32. The van der Waals surface area contributed by atoms with Crippen molar-refractivity contribution in [3.05, 3.63) is 84.6 Å². The number of nitrogens with one attached hydrogen (secondary N) is 1. The van der Waals surface area contributed by atoms with Gasteiger partial charge in [-0.25, -0.2) is 15.0 Å². The van der Waals surface area contributed by atoms with Crippen LogP contribution in [-0.4, -0.2) is 38.1 Å². The minimum absolute atomic E-state index is 0.234. The van der Waals surface area contributed by atoms with E-state index in [1.807, 2.05) is 53.1 Å². The molecule has 0 bridgehead atoms. The lowest BCUT2D eigenvalue weighted by molar-refractivity contribution is -0.133. The van der Waals surface area contributed by atoms with Crippen LogP contribution in [0, 0.1) is 0 Å². The first-order valence-corrected chi connectivity index (χ1v) is 13.7. The Labute approximate surface area is 238 Å². The molecule has 41 heavy (non-hydrogen) atoms. The number of ether oxygens (including phenoxy) is 1. The molecular weight excluding hydrogens is 514 g/mol. The van der Waals surface area contributed by atoms with Crippen LogP contribution in [-0.2, 0) is 15.1 Å². The maximum atomic E-state index is 12.7. The molecule has 9 nitrogen and oxygen atoms in total. The summed E-state index contributed by atoms with van der Waals surface area (Å²) in [4.78, 5) is 27.0. The maximum absolute atomic E-state index is 12.7. The van der Waals surface area contributed by atoms with E-state index in [1.165, 1.54) is 7.11 Å². The van der Waals surface area contributed by atoms with Crippen molar-refractivity contribution in [2.24, 2.45) is 5.73 Å². The molecule has 0 spiro atoms. The van der Waals surface area contributed by atoms with Gasteiger partial charge in [-0.3, -0.25) is 9.36 Å². The topological polar surface area (TPSA) is 134 Å². The largest absolute Gasteiger partial charge is 0.383 e. The summed E-state index contributed by atoms with van der Waals surface area (Å²) in [6.07, 6.45) is 4.79. The van der Waals surface area contributed by atoms with Gasteiger partial charge in [0.1, 0.15) is 16.9 Å². The monoisotopic (exact) mass is 547 g/mol. The van der Waals surface area contributed by atoms with Gasteiger partial charge in [0.2, 0.25) is 0 Å². The van der Waals surface area contributed by atoms with Crippen LogP contribution in [0.15, 0.2) is 79.0 Å². The number of carbonyl (C=O) groups is 1. The molecule has 0 saturated heterocycles. The molecule has 0 radical (unpaired) electrons. The zero-order valence-electron chi connectivity index (χ0n) is 23.4. The Kier molecular flexibility index (Phi) is 6.56. The van der Waals surface area contributed by atoms with E-state index in [4.69, 9.17) is 26.2 Å². The standard InChI is InChI=1S/C32H33N7O2/c1-31(2,41-3)30(40)36-22-8-4-7-20(19-22)25-14-15-26-29(37-25)39(28(38-26)24-9-5-18-35-27(24)33)23-12-10-21(11-13-23)32(34)16-6-17-32/h4-5,7-15,18-19H,6,16-17,34H2,1-3H3,(H2,33,35)(H,36,40). The second-order valence-electron chi connectivity index (χ2n) is 11.1. The predicted octanol–water partition coefficient (Wildman–Crippen LogP) is 5.43. The maximum Gasteiger partial charge on any atom is 0.256 e. The second-order valence-corrected chi connectivity index (χ2v) is 11.1. The molecule has 208 valence electrons. The lowest BCUT2D eigenvalue weighted by atomic mass is 9.73. The van der Waals surface area contributed by atoms with Gasteiger partial charge in [0.25, 0.3) is 5.91 Å². The first kappa shape index (κ1) is 26.6. The Morgan fingerprint density at radius 3 is 2.49 bits per heavy atom. The summed E-state index contributed by atoms with van der Waals surface area (Å²) in [6.45, 7) is 3.45. The zero-order valence-corrected chi connectivity index (χ0v) is 23.4. The quantitative estimate of drug-likeness (QED) is 0.247.